The Labute approximate surface area is 150 Å². The number of fused-ring (bicyclic) bond motifs is 1. The SMILES string of the molecule is NC(Cc1ccccc1)Oc1ccc2c(cnn2-c2ccc(F)cc2)c1. The van der Waals surface area contributed by atoms with Crippen LogP contribution in [0.4, 0.5) is 4.39 Å². The van der Waals surface area contributed by atoms with Crippen molar-refractivity contribution < 1.29 is 9.13 Å². The maximum atomic E-state index is 13.1. The summed E-state index contributed by atoms with van der Waals surface area (Å²) in [4.78, 5) is 0. The van der Waals surface area contributed by atoms with Crippen molar-refractivity contribution in [2.24, 2.45) is 5.73 Å². The fourth-order valence-electron chi connectivity index (χ4n) is 2.94. The van der Waals surface area contributed by atoms with E-state index in [2.05, 4.69) is 5.10 Å². The minimum atomic E-state index is -0.429. The Bertz CT molecular complexity index is 1010. The first-order valence-electron chi connectivity index (χ1n) is 8.39. The lowest BCUT2D eigenvalue weighted by molar-refractivity contribution is 0.210. The van der Waals surface area contributed by atoms with Crippen LogP contribution in [0.3, 0.4) is 0 Å². The summed E-state index contributed by atoms with van der Waals surface area (Å²) in [5, 5.41) is 5.32. The van der Waals surface area contributed by atoms with Crippen molar-refractivity contribution in [3.8, 4) is 11.4 Å². The van der Waals surface area contributed by atoms with Gasteiger partial charge in [0.2, 0.25) is 0 Å². The lowest BCUT2D eigenvalue weighted by Gasteiger charge is -2.15. The van der Waals surface area contributed by atoms with E-state index in [1.54, 1.807) is 23.0 Å². The average molecular weight is 347 g/mol. The molecule has 26 heavy (non-hydrogen) atoms. The van der Waals surface area contributed by atoms with Crippen molar-refractivity contribution >= 4 is 10.9 Å². The molecule has 0 aliphatic carbocycles. The number of hydrogen-bond acceptors (Lipinski definition) is 3. The topological polar surface area (TPSA) is 53.1 Å². The van der Waals surface area contributed by atoms with Crippen LogP contribution in [0.15, 0.2) is 79.0 Å². The van der Waals surface area contributed by atoms with Crippen molar-refractivity contribution in [3.63, 3.8) is 0 Å². The van der Waals surface area contributed by atoms with E-state index < -0.39 is 6.23 Å². The second-order valence-corrected chi connectivity index (χ2v) is 6.10. The maximum absolute atomic E-state index is 13.1. The predicted molar refractivity (Wildman–Crippen MR) is 99.8 cm³/mol. The Morgan fingerprint density at radius 1 is 1.00 bits per heavy atom. The number of aromatic nitrogens is 2. The number of benzene rings is 3. The van der Waals surface area contributed by atoms with Gasteiger partial charge in [-0.05, 0) is 48.0 Å². The van der Waals surface area contributed by atoms with E-state index in [4.69, 9.17) is 10.5 Å². The van der Waals surface area contributed by atoms with E-state index in [1.807, 2.05) is 48.5 Å². The predicted octanol–water partition coefficient (Wildman–Crippen LogP) is 4.07. The van der Waals surface area contributed by atoms with Gasteiger partial charge in [0.25, 0.3) is 0 Å². The minimum absolute atomic E-state index is 0.270. The summed E-state index contributed by atoms with van der Waals surface area (Å²) in [6.45, 7) is 0. The van der Waals surface area contributed by atoms with Crippen LogP contribution in [0.1, 0.15) is 5.56 Å². The first-order chi connectivity index (χ1) is 12.7. The smallest absolute Gasteiger partial charge is 0.151 e. The molecule has 0 fully saturated rings. The molecule has 130 valence electrons. The van der Waals surface area contributed by atoms with Gasteiger partial charge in [0.15, 0.2) is 6.23 Å². The molecule has 1 atom stereocenters. The second-order valence-electron chi connectivity index (χ2n) is 6.10. The first-order valence-corrected chi connectivity index (χ1v) is 8.39. The standard InChI is InChI=1S/C21H18FN3O/c22-17-6-8-18(9-7-17)25-20-11-10-19(13-16(20)14-24-25)26-21(23)12-15-4-2-1-3-5-15/h1-11,13-14,21H,12,23H2. The van der Waals surface area contributed by atoms with E-state index in [0.717, 1.165) is 22.2 Å². The summed E-state index contributed by atoms with van der Waals surface area (Å²) in [7, 11) is 0. The highest BCUT2D eigenvalue weighted by molar-refractivity contribution is 5.81. The van der Waals surface area contributed by atoms with Crippen LogP contribution in [0, 0.1) is 5.82 Å². The number of nitrogens with two attached hydrogens (primary N) is 1. The van der Waals surface area contributed by atoms with Crippen molar-refractivity contribution in [2.75, 3.05) is 0 Å². The number of nitrogens with zero attached hydrogens (tertiary/aromatic N) is 2. The molecule has 0 saturated carbocycles. The molecule has 4 rings (SSSR count). The zero-order valence-corrected chi connectivity index (χ0v) is 14.0. The van der Waals surface area contributed by atoms with Crippen molar-refractivity contribution in [1.29, 1.82) is 0 Å². The molecule has 1 aromatic heterocycles. The summed E-state index contributed by atoms with van der Waals surface area (Å²) < 4.78 is 20.7. The maximum Gasteiger partial charge on any atom is 0.151 e. The molecule has 0 bridgehead atoms. The van der Waals surface area contributed by atoms with Crippen LogP contribution in [0.25, 0.3) is 16.6 Å². The van der Waals surface area contributed by atoms with Crippen molar-refractivity contribution in [2.45, 2.75) is 12.6 Å². The van der Waals surface area contributed by atoms with Crippen LogP contribution < -0.4 is 10.5 Å². The van der Waals surface area contributed by atoms with E-state index in [-0.39, 0.29) is 5.82 Å². The molecule has 4 aromatic rings. The van der Waals surface area contributed by atoms with Crippen molar-refractivity contribution in [1.82, 2.24) is 9.78 Å². The summed E-state index contributed by atoms with van der Waals surface area (Å²) >= 11 is 0. The van der Waals surface area contributed by atoms with Gasteiger partial charge in [-0.3, -0.25) is 5.73 Å². The normalized spacial score (nSPS) is 12.2. The lowest BCUT2D eigenvalue weighted by atomic mass is 10.1. The fraction of sp³-hybridized carbons (Fsp3) is 0.0952. The van der Waals surface area contributed by atoms with E-state index >= 15 is 0 Å². The Morgan fingerprint density at radius 2 is 1.77 bits per heavy atom. The monoisotopic (exact) mass is 347 g/mol. The third kappa shape index (κ3) is 3.43. The molecule has 5 heteroatoms. The summed E-state index contributed by atoms with van der Waals surface area (Å²) in [6, 6.07) is 21.9. The summed E-state index contributed by atoms with van der Waals surface area (Å²) in [5.74, 6) is 0.424. The van der Waals surface area contributed by atoms with Crippen LogP contribution in [-0.2, 0) is 6.42 Å². The van der Waals surface area contributed by atoms with Crippen LogP contribution >= 0.6 is 0 Å². The van der Waals surface area contributed by atoms with E-state index in [9.17, 15) is 4.39 Å². The van der Waals surface area contributed by atoms with Gasteiger partial charge >= 0.3 is 0 Å². The molecule has 0 radical (unpaired) electrons. The van der Waals surface area contributed by atoms with Gasteiger partial charge in [-0.15, -0.1) is 0 Å². The van der Waals surface area contributed by atoms with Crippen molar-refractivity contribution in [3.05, 3.63) is 90.4 Å². The Hall–Kier alpha value is -3.18. The Kier molecular flexibility index (Phi) is 4.37. The Balaban J connectivity index is 1.54. The van der Waals surface area contributed by atoms with Gasteiger partial charge in [-0.2, -0.15) is 5.10 Å². The highest BCUT2D eigenvalue weighted by Crippen LogP contribution is 2.24. The first kappa shape index (κ1) is 16.3. The van der Waals surface area contributed by atoms with Gasteiger partial charge < -0.3 is 4.74 Å². The number of hydrogen-bond donors (Lipinski definition) is 1. The molecule has 0 spiro atoms. The van der Waals surface area contributed by atoms with E-state index in [0.29, 0.717) is 12.2 Å². The fourth-order valence-corrected chi connectivity index (χ4v) is 2.94. The van der Waals surface area contributed by atoms with Gasteiger partial charge in [0, 0.05) is 11.8 Å². The van der Waals surface area contributed by atoms with Gasteiger partial charge in [0.1, 0.15) is 11.6 Å². The van der Waals surface area contributed by atoms with Crippen LogP contribution in [0.5, 0.6) is 5.75 Å². The molecule has 0 aliphatic rings. The zero-order chi connectivity index (χ0) is 17.9. The lowest BCUT2D eigenvalue weighted by Crippen LogP contribution is -2.29. The van der Waals surface area contributed by atoms with Gasteiger partial charge in [-0.1, -0.05) is 30.3 Å². The largest absolute Gasteiger partial charge is 0.475 e. The second kappa shape index (κ2) is 6.98. The number of rotatable bonds is 5. The molecule has 3 aromatic carbocycles. The van der Waals surface area contributed by atoms with E-state index in [1.165, 1.54) is 12.1 Å². The average Bonchev–Trinajstić information content (AvgIpc) is 3.06. The zero-order valence-electron chi connectivity index (χ0n) is 14.0. The summed E-state index contributed by atoms with van der Waals surface area (Å²) in [5.41, 5.74) is 8.96. The quantitative estimate of drug-likeness (QED) is 0.554. The third-order valence-electron chi connectivity index (χ3n) is 4.18. The Morgan fingerprint density at radius 3 is 2.54 bits per heavy atom. The molecule has 0 saturated heterocycles. The number of ether oxygens (including phenoxy) is 1. The molecule has 1 heterocycles. The molecule has 0 aliphatic heterocycles. The van der Waals surface area contributed by atoms with Gasteiger partial charge in [0.05, 0.1) is 17.4 Å². The molecule has 4 nitrogen and oxygen atoms in total. The molecular weight excluding hydrogens is 329 g/mol. The molecule has 1 unspecified atom stereocenters. The molecule has 0 amide bonds. The van der Waals surface area contributed by atoms with Crippen LogP contribution in [-0.4, -0.2) is 16.0 Å². The molecular formula is C21H18FN3O. The highest BCUT2D eigenvalue weighted by atomic mass is 19.1. The summed E-state index contributed by atoms with van der Waals surface area (Å²) in [6.07, 6.45) is 1.96. The minimum Gasteiger partial charge on any atom is -0.475 e. The van der Waals surface area contributed by atoms with Crippen LogP contribution in [0.2, 0.25) is 0 Å². The highest BCUT2D eigenvalue weighted by Gasteiger charge is 2.09. The molecule has 2 N–H and O–H groups in total. The third-order valence-corrected chi connectivity index (χ3v) is 4.18. The van der Waals surface area contributed by atoms with Gasteiger partial charge in [-0.25, -0.2) is 9.07 Å². The number of halogens is 1.